The SMILES string of the molecule is OCC1(CNC2CCC(c3ccccc3)CC2)CCOCC1. The monoisotopic (exact) mass is 303 g/mol. The van der Waals surface area contributed by atoms with Gasteiger partial charge >= 0.3 is 0 Å². The number of ether oxygens (including phenoxy) is 1. The van der Waals surface area contributed by atoms with Crippen molar-refractivity contribution in [2.75, 3.05) is 26.4 Å². The van der Waals surface area contributed by atoms with Crippen LogP contribution in [-0.2, 0) is 4.74 Å². The number of nitrogens with one attached hydrogen (secondary N) is 1. The van der Waals surface area contributed by atoms with Gasteiger partial charge in [0.2, 0.25) is 0 Å². The van der Waals surface area contributed by atoms with Crippen molar-refractivity contribution in [3.63, 3.8) is 0 Å². The normalized spacial score (nSPS) is 28.4. The van der Waals surface area contributed by atoms with E-state index in [0.29, 0.717) is 6.04 Å². The van der Waals surface area contributed by atoms with Crippen molar-refractivity contribution >= 4 is 0 Å². The molecule has 1 aromatic rings. The van der Waals surface area contributed by atoms with Gasteiger partial charge in [0, 0.05) is 31.2 Å². The van der Waals surface area contributed by atoms with E-state index in [1.54, 1.807) is 0 Å². The molecule has 1 aliphatic heterocycles. The van der Waals surface area contributed by atoms with Crippen molar-refractivity contribution in [3.05, 3.63) is 35.9 Å². The lowest BCUT2D eigenvalue weighted by molar-refractivity contribution is -0.0171. The van der Waals surface area contributed by atoms with E-state index >= 15 is 0 Å². The lowest BCUT2D eigenvalue weighted by Gasteiger charge is -2.38. The Hall–Kier alpha value is -0.900. The Morgan fingerprint density at radius 1 is 1.05 bits per heavy atom. The average Bonchev–Trinajstić information content (AvgIpc) is 2.62. The fourth-order valence-electron chi connectivity index (χ4n) is 3.91. The van der Waals surface area contributed by atoms with Gasteiger partial charge in [0.1, 0.15) is 0 Å². The van der Waals surface area contributed by atoms with Crippen molar-refractivity contribution < 1.29 is 9.84 Å². The molecule has 22 heavy (non-hydrogen) atoms. The van der Waals surface area contributed by atoms with E-state index in [4.69, 9.17) is 4.74 Å². The highest BCUT2D eigenvalue weighted by atomic mass is 16.5. The van der Waals surface area contributed by atoms with E-state index in [-0.39, 0.29) is 12.0 Å². The van der Waals surface area contributed by atoms with Crippen LogP contribution in [-0.4, -0.2) is 37.5 Å². The van der Waals surface area contributed by atoms with Gasteiger partial charge in [0.05, 0.1) is 6.61 Å². The number of hydrogen-bond acceptors (Lipinski definition) is 3. The van der Waals surface area contributed by atoms with Crippen LogP contribution in [0, 0.1) is 5.41 Å². The maximum absolute atomic E-state index is 9.77. The molecule has 2 aliphatic rings. The van der Waals surface area contributed by atoms with Gasteiger partial charge in [-0.3, -0.25) is 0 Å². The molecule has 0 unspecified atom stereocenters. The summed E-state index contributed by atoms with van der Waals surface area (Å²) in [4.78, 5) is 0. The first-order valence-corrected chi connectivity index (χ1v) is 8.78. The van der Waals surface area contributed by atoms with Crippen LogP contribution in [0.5, 0.6) is 0 Å². The molecule has 3 rings (SSSR count). The zero-order valence-electron chi connectivity index (χ0n) is 13.5. The first kappa shape index (κ1) is 16.0. The molecule has 0 spiro atoms. The van der Waals surface area contributed by atoms with Crippen molar-refractivity contribution in [2.45, 2.75) is 50.5 Å². The van der Waals surface area contributed by atoms with Crippen LogP contribution in [0.4, 0.5) is 0 Å². The summed E-state index contributed by atoms with van der Waals surface area (Å²) in [5, 5.41) is 13.5. The third kappa shape index (κ3) is 3.89. The third-order valence-electron chi connectivity index (χ3n) is 5.65. The summed E-state index contributed by atoms with van der Waals surface area (Å²) in [6.07, 6.45) is 7.01. The summed E-state index contributed by atoms with van der Waals surface area (Å²) >= 11 is 0. The van der Waals surface area contributed by atoms with Crippen LogP contribution in [0.25, 0.3) is 0 Å². The maximum atomic E-state index is 9.77. The molecule has 0 radical (unpaired) electrons. The lowest BCUT2D eigenvalue weighted by Crippen LogP contribution is -2.45. The number of aliphatic hydroxyl groups excluding tert-OH is 1. The summed E-state index contributed by atoms with van der Waals surface area (Å²) in [6, 6.07) is 11.5. The zero-order chi connectivity index (χ0) is 15.3. The number of benzene rings is 1. The Morgan fingerprint density at radius 3 is 2.36 bits per heavy atom. The molecule has 3 nitrogen and oxygen atoms in total. The smallest absolute Gasteiger partial charge is 0.0501 e. The van der Waals surface area contributed by atoms with Gasteiger partial charge in [-0.05, 0) is 50.0 Å². The predicted octanol–water partition coefficient (Wildman–Crippen LogP) is 3.09. The Balaban J connectivity index is 1.46. The molecule has 122 valence electrons. The second-order valence-electron chi connectivity index (χ2n) is 7.11. The van der Waals surface area contributed by atoms with E-state index in [9.17, 15) is 5.11 Å². The molecule has 2 fully saturated rings. The second kappa shape index (κ2) is 7.58. The molecule has 1 aliphatic carbocycles. The van der Waals surface area contributed by atoms with Gasteiger partial charge in [-0.15, -0.1) is 0 Å². The van der Waals surface area contributed by atoms with Crippen molar-refractivity contribution in [1.82, 2.24) is 5.32 Å². The Labute approximate surface area is 134 Å². The Kier molecular flexibility index (Phi) is 5.51. The van der Waals surface area contributed by atoms with E-state index < -0.39 is 0 Å². The second-order valence-corrected chi connectivity index (χ2v) is 7.11. The Bertz CT molecular complexity index is 434. The van der Waals surface area contributed by atoms with E-state index in [1.807, 2.05) is 0 Å². The van der Waals surface area contributed by atoms with Gasteiger partial charge in [0.25, 0.3) is 0 Å². The van der Waals surface area contributed by atoms with Gasteiger partial charge in [-0.1, -0.05) is 30.3 Å². The van der Waals surface area contributed by atoms with Crippen LogP contribution in [0.1, 0.15) is 50.0 Å². The van der Waals surface area contributed by atoms with Crippen molar-refractivity contribution in [1.29, 1.82) is 0 Å². The number of hydrogen-bond donors (Lipinski definition) is 2. The highest BCUT2D eigenvalue weighted by molar-refractivity contribution is 5.20. The molecule has 1 saturated carbocycles. The molecular weight excluding hydrogens is 274 g/mol. The number of aliphatic hydroxyl groups is 1. The van der Waals surface area contributed by atoms with Crippen molar-refractivity contribution in [3.8, 4) is 0 Å². The molecule has 0 amide bonds. The first-order chi connectivity index (χ1) is 10.8. The molecule has 0 atom stereocenters. The number of rotatable bonds is 5. The van der Waals surface area contributed by atoms with Crippen molar-refractivity contribution in [2.24, 2.45) is 5.41 Å². The molecule has 0 aromatic heterocycles. The topological polar surface area (TPSA) is 41.5 Å². The minimum absolute atomic E-state index is 0.0501. The first-order valence-electron chi connectivity index (χ1n) is 8.78. The third-order valence-corrected chi connectivity index (χ3v) is 5.65. The highest BCUT2D eigenvalue weighted by Crippen LogP contribution is 2.34. The Morgan fingerprint density at radius 2 is 1.73 bits per heavy atom. The quantitative estimate of drug-likeness (QED) is 0.878. The summed E-state index contributed by atoms with van der Waals surface area (Å²) in [7, 11) is 0. The molecule has 1 aromatic carbocycles. The van der Waals surface area contributed by atoms with Gasteiger partial charge in [-0.2, -0.15) is 0 Å². The fraction of sp³-hybridized carbons (Fsp3) is 0.684. The molecule has 3 heteroatoms. The maximum Gasteiger partial charge on any atom is 0.0501 e. The van der Waals surface area contributed by atoms with Gasteiger partial charge < -0.3 is 15.2 Å². The van der Waals surface area contributed by atoms with Crippen LogP contribution in [0.3, 0.4) is 0 Å². The average molecular weight is 303 g/mol. The zero-order valence-corrected chi connectivity index (χ0v) is 13.5. The lowest BCUT2D eigenvalue weighted by atomic mass is 9.79. The van der Waals surface area contributed by atoms with E-state index in [1.165, 1.54) is 31.2 Å². The molecular formula is C19H29NO2. The summed E-state index contributed by atoms with van der Waals surface area (Å²) in [5.41, 5.74) is 1.55. The highest BCUT2D eigenvalue weighted by Gasteiger charge is 2.33. The van der Waals surface area contributed by atoms with Gasteiger partial charge in [-0.25, -0.2) is 0 Å². The largest absolute Gasteiger partial charge is 0.396 e. The standard InChI is InChI=1S/C19H29NO2/c21-15-19(10-12-22-13-11-19)14-20-18-8-6-17(7-9-18)16-4-2-1-3-5-16/h1-5,17-18,20-21H,6-15H2. The minimum Gasteiger partial charge on any atom is -0.396 e. The summed E-state index contributed by atoms with van der Waals surface area (Å²) in [5.74, 6) is 0.731. The minimum atomic E-state index is 0.0501. The molecule has 1 saturated heterocycles. The molecule has 1 heterocycles. The summed E-state index contributed by atoms with van der Waals surface area (Å²) < 4.78 is 5.44. The van der Waals surface area contributed by atoms with E-state index in [0.717, 1.165) is 38.5 Å². The molecule has 0 bridgehead atoms. The fourth-order valence-corrected chi connectivity index (χ4v) is 3.91. The van der Waals surface area contributed by atoms with Gasteiger partial charge in [0.15, 0.2) is 0 Å². The molecule has 2 N–H and O–H groups in total. The van der Waals surface area contributed by atoms with Crippen LogP contribution < -0.4 is 5.32 Å². The van der Waals surface area contributed by atoms with Crippen LogP contribution >= 0.6 is 0 Å². The van der Waals surface area contributed by atoms with Crippen LogP contribution in [0.15, 0.2) is 30.3 Å². The van der Waals surface area contributed by atoms with E-state index in [2.05, 4.69) is 35.6 Å². The predicted molar refractivity (Wildman–Crippen MR) is 89.0 cm³/mol. The summed E-state index contributed by atoms with van der Waals surface area (Å²) in [6.45, 7) is 2.81. The van der Waals surface area contributed by atoms with Crippen LogP contribution in [0.2, 0.25) is 0 Å².